The lowest BCUT2D eigenvalue weighted by Gasteiger charge is -2.36. The first-order chi connectivity index (χ1) is 20.0. The Balaban J connectivity index is 0.0000168. The van der Waals surface area contributed by atoms with Crippen LogP contribution in [-0.2, 0) is 9.53 Å². The molecule has 250 valence electrons. The van der Waals surface area contributed by atoms with E-state index in [0.29, 0.717) is 25.5 Å². The Hall–Kier alpha value is -1.01. The molecular formula is C35H70ClN3O3. The SMILES string of the molecule is CCCCCCCCCCCCCCCCCCCCCC(=O)N1CCCCC1CCOC(=O)NCCCN(C)C.Cl. The summed E-state index contributed by atoms with van der Waals surface area (Å²) in [5.74, 6) is 0.301. The van der Waals surface area contributed by atoms with Crippen molar-refractivity contribution < 1.29 is 14.3 Å². The third-order valence-corrected chi connectivity index (χ3v) is 8.68. The van der Waals surface area contributed by atoms with E-state index in [2.05, 4.69) is 22.0 Å². The lowest BCUT2D eigenvalue weighted by molar-refractivity contribution is -0.135. The number of alkyl carbamates (subject to hydrolysis) is 1. The lowest BCUT2D eigenvalue weighted by Crippen LogP contribution is -2.44. The van der Waals surface area contributed by atoms with Crippen molar-refractivity contribution in [3.05, 3.63) is 0 Å². The first-order valence-corrected chi connectivity index (χ1v) is 17.9. The fraction of sp³-hybridized carbons (Fsp3) is 0.943. The number of piperidine rings is 1. The van der Waals surface area contributed by atoms with Gasteiger partial charge in [-0.2, -0.15) is 0 Å². The number of hydrogen-bond donors (Lipinski definition) is 1. The standard InChI is InChI=1S/C35H69N3O3.ClH/c1-4-5-6-7-8-9-10-11-12-13-14-15-16-17-18-19-20-21-22-27-34(39)38-31-24-23-26-33(38)28-32-41-35(40)36-29-25-30-37(2)3;/h33H,4-32H2,1-3H3,(H,36,40);1H. The van der Waals surface area contributed by atoms with E-state index in [9.17, 15) is 9.59 Å². The molecule has 0 bridgehead atoms. The number of rotatable bonds is 27. The Morgan fingerprint density at radius 2 is 1.24 bits per heavy atom. The number of ether oxygens (including phenoxy) is 1. The van der Waals surface area contributed by atoms with Crippen LogP contribution in [0.5, 0.6) is 0 Å². The molecular weight excluding hydrogens is 546 g/mol. The van der Waals surface area contributed by atoms with Crippen molar-refractivity contribution in [3.63, 3.8) is 0 Å². The van der Waals surface area contributed by atoms with Gasteiger partial charge in [0.1, 0.15) is 0 Å². The van der Waals surface area contributed by atoms with E-state index < -0.39 is 0 Å². The predicted octanol–water partition coefficient (Wildman–Crippen LogP) is 9.68. The summed E-state index contributed by atoms with van der Waals surface area (Å²) >= 11 is 0. The van der Waals surface area contributed by atoms with Crippen molar-refractivity contribution in [1.29, 1.82) is 0 Å². The molecule has 0 aromatic rings. The van der Waals surface area contributed by atoms with Crippen molar-refractivity contribution >= 4 is 24.4 Å². The van der Waals surface area contributed by atoms with Crippen molar-refractivity contribution in [1.82, 2.24) is 15.1 Å². The van der Waals surface area contributed by atoms with E-state index in [0.717, 1.165) is 51.6 Å². The number of nitrogens with zero attached hydrogens (tertiary/aromatic N) is 2. The molecule has 42 heavy (non-hydrogen) atoms. The number of halogens is 1. The van der Waals surface area contributed by atoms with Crippen LogP contribution >= 0.6 is 12.4 Å². The average Bonchev–Trinajstić information content (AvgIpc) is 2.96. The summed E-state index contributed by atoms with van der Waals surface area (Å²) in [5.41, 5.74) is 0. The zero-order valence-corrected chi connectivity index (χ0v) is 28.9. The molecule has 6 nitrogen and oxygen atoms in total. The highest BCUT2D eigenvalue weighted by Crippen LogP contribution is 2.22. The molecule has 0 spiro atoms. The van der Waals surface area contributed by atoms with E-state index in [-0.39, 0.29) is 24.5 Å². The minimum atomic E-state index is -0.341. The fourth-order valence-corrected chi connectivity index (χ4v) is 6.05. The summed E-state index contributed by atoms with van der Waals surface area (Å²) in [4.78, 5) is 29.0. The fourth-order valence-electron chi connectivity index (χ4n) is 6.05. The zero-order valence-electron chi connectivity index (χ0n) is 28.1. The molecule has 1 fully saturated rings. The molecule has 0 radical (unpaired) electrons. The molecule has 0 saturated carbocycles. The number of carbonyl (C=O) groups is 2. The third-order valence-electron chi connectivity index (χ3n) is 8.68. The molecule has 1 rings (SSSR count). The normalized spacial score (nSPS) is 15.0. The van der Waals surface area contributed by atoms with Gasteiger partial charge in [-0.1, -0.05) is 122 Å². The molecule has 1 saturated heterocycles. The van der Waals surface area contributed by atoms with Crippen LogP contribution in [0.25, 0.3) is 0 Å². The van der Waals surface area contributed by atoms with Crippen LogP contribution in [0, 0.1) is 0 Å². The number of amides is 2. The van der Waals surface area contributed by atoms with Crippen molar-refractivity contribution in [3.8, 4) is 0 Å². The summed E-state index contributed by atoms with van der Waals surface area (Å²) < 4.78 is 5.38. The van der Waals surface area contributed by atoms with E-state index in [1.807, 2.05) is 14.1 Å². The van der Waals surface area contributed by atoms with Gasteiger partial charge in [0.2, 0.25) is 5.91 Å². The van der Waals surface area contributed by atoms with Crippen molar-refractivity contribution in [2.75, 3.05) is 40.3 Å². The highest BCUT2D eigenvalue weighted by Gasteiger charge is 2.26. The number of likely N-dealkylation sites (tertiary alicyclic amines) is 1. The van der Waals surface area contributed by atoms with Crippen LogP contribution in [-0.4, -0.2) is 68.2 Å². The number of nitrogens with one attached hydrogen (secondary N) is 1. The number of carbonyl (C=O) groups excluding carboxylic acids is 2. The van der Waals surface area contributed by atoms with Gasteiger partial charge in [-0.05, 0) is 52.7 Å². The topological polar surface area (TPSA) is 61.9 Å². The van der Waals surface area contributed by atoms with Gasteiger partial charge >= 0.3 is 6.09 Å². The van der Waals surface area contributed by atoms with Gasteiger partial charge in [0.15, 0.2) is 0 Å². The second-order valence-electron chi connectivity index (χ2n) is 12.9. The average molecular weight is 616 g/mol. The summed E-state index contributed by atoms with van der Waals surface area (Å²) in [5, 5.41) is 2.82. The first kappa shape index (κ1) is 41.0. The summed E-state index contributed by atoms with van der Waals surface area (Å²) in [6, 6.07) is 0.220. The van der Waals surface area contributed by atoms with Crippen LogP contribution < -0.4 is 5.32 Å². The van der Waals surface area contributed by atoms with Crippen LogP contribution in [0.4, 0.5) is 4.79 Å². The Morgan fingerprint density at radius 1 is 0.738 bits per heavy atom. The van der Waals surface area contributed by atoms with Gasteiger partial charge < -0.3 is 19.9 Å². The largest absolute Gasteiger partial charge is 0.449 e. The van der Waals surface area contributed by atoms with E-state index >= 15 is 0 Å². The second-order valence-corrected chi connectivity index (χ2v) is 12.9. The zero-order chi connectivity index (χ0) is 29.8. The third kappa shape index (κ3) is 24.4. The van der Waals surface area contributed by atoms with E-state index in [4.69, 9.17) is 4.74 Å². The Morgan fingerprint density at radius 3 is 1.74 bits per heavy atom. The summed E-state index contributed by atoms with van der Waals surface area (Å²) in [6.07, 6.45) is 31.3. The first-order valence-electron chi connectivity index (χ1n) is 17.9. The molecule has 0 aliphatic carbocycles. The van der Waals surface area contributed by atoms with Crippen LogP contribution in [0.3, 0.4) is 0 Å². The molecule has 1 unspecified atom stereocenters. The van der Waals surface area contributed by atoms with Crippen molar-refractivity contribution in [2.24, 2.45) is 0 Å². The van der Waals surface area contributed by atoms with Gasteiger partial charge in [0.25, 0.3) is 0 Å². The lowest BCUT2D eigenvalue weighted by atomic mass is 9.98. The predicted molar refractivity (Wildman–Crippen MR) is 182 cm³/mol. The molecule has 0 aromatic carbocycles. The van der Waals surface area contributed by atoms with Gasteiger partial charge in [-0.15, -0.1) is 12.4 Å². The molecule has 1 aliphatic rings. The number of hydrogen-bond acceptors (Lipinski definition) is 4. The maximum absolute atomic E-state index is 12.9. The van der Waals surface area contributed by atoms with E-state index in [1.54, 1.807) is 0 Å². The van der Waals surface area contributed by atoms with Crippen LogP contribution in [0.15, 0.2) is 0 Å². The summed E-state index contributed by atoms with van der Waals surface area (Å²) in [6.45, 7) is 5.11. The van der Waals surface area contributed by atoms with Crippen molar-refractivity contribution in [2.45, 2.75) is 173 Å². The highest BCUT2D eigenvalue weighted by atomic mass is 35.5. The van der Waals surface area contributed by atoms with Gasteiger partial charge in [0, 0.05) is 32.0 Å². The maximum Gasteiger partial charge on any atom is 0.407 e. The minimum absolute atomic E-state index is 0. The Kier molecular flexibility index (Phi) is 29.3. The minimum Gasteiger partial charge on any atom is -0.449 e. The summed E-state index contributed by atoms with van der Waals surface area (Å²) in [7, 11) is 4.05. The van der Waals surface area contributed by atoms with Gasteiger partial charge in [-0.25, -0.2) is 4.79 Å². The molecule has 1 N–H and O–H groups in total. The highest BCUT2D eigenvalue weighted by molar-refractivity contribution is 5.85. The maximum atomic E-state index is 12.9. The molecule has 0 aromatic heterocycles. The van der Waals surface area contributed by atoms with E-state index in [1.165, 1.54) is 116 Å². The van der Waals surface area contributed by atoms with Crippen LogP contribution in [0.2, 0.25) is 0 Å². The quantitative estimate of drug-likeness (QED) is 0.0934. The smallest absolute Gasteiger partial charge is 0.407 e. The van der Waals surface area contributed by atoms with Crippen LogP contribution in [0.1, 0.15) is 167 Å². The molecule has 1 atom stereocenters. The molecule has 1 heterocycles. The second kappa shape index (κ2) is 30.0. The molecule has 2 amide bonds. The van der Waals surface area contributed by atoms with Gasteiger partial charge in [0.05, 0.1) is 6.61 Å². The monoisotopic (exact) mass is 616 g/mol. The number of unbranched alkanes of at least 4 members (excludes halogenated alkanes) is 18. The Bertz CT molecular complexity index is 620. The Labute approximate surface area is 267 Å². The molecule has 7 heteroatoms. The molecule has 1 aliphatic heterocycles. The van der Waals surface area contributed by atoms with Gasteiger partial charge in [-0.3, -0.25) is 4.79 Å².